The van der Waals surface area contributed by atoms with Crippen LogP contribution in [0.4, 0.5) is 0 Å². The van der Waals surface area contributed by atoms with E-state index >= 15 is 0 Å². The second-order valence-corrected chi connectivity index (χ2v) is 8.08. The predicted octanol–water partition coefficient (Wildman–Crippen LogP) is 3.36. The first-order chi connectivity index (χ1) is 12.6. The van der Waals surface area contributed by atoms with Gasteiger partial charge in [0.05, 0.1) is 11.1 Å². The molecule has 0 aliphatic rings. The van der Waals surface area contributed by atoms with Gasteiger partial charge in [0.2, 0.25) is 5.91 Å². The van der Waals surface area contributed by atoms with E-state index in [1.807, 2.05) is 34.7 Å². The van der Waals surface area contributed by atoms with Gasteiger partial charge in [-0.3, -0.25) is 9.20 Å². The quantitative estimate of drug-likeness (QED) is 0.535. The third kappa shape index (κ3) is 3.17. The molecular weight excluding hydrogens is 366 g/mol. The lowest BCUT2D eigenvalue weighted by Gasteiger charge is -2.04. The van der Waals surface area contributed by atoms with Gasteiger partial charge in [0, 0.05) is 11.4 Å². The topological polar surface area (TPSA) is 72.2 Å². The first kappa shape index (κ1) is 17.0. The van der Waals surface area contributed by atoms with Crippen LogP contribution < -0.4 is 5.32 Å². The molecule has 0 aliphatic carbocycles. The molecule has 0 atom stereocenters. The van der Waals surface area contributed by atoms with Crippen molar-refractivity contribution in [3.8, 4) is 0 Å². The number of amides is 1. The van der Waals surface area contributed by atoms with Crippen LogP contribution in [0, 0.1) is 13.8 Å². The van der Waals surface area contributed by atoms with Crippen LogP contribution in [0.2, 0.25) is 0 Å². The van der Waals surface area contributed by atoms with Crippen LogP contribution in [0.3, 0.4) is 0 Å². The molecule has 26 heavy (non-hydrogen) atoms. The van der Waals surface area contributed by atoms with Gasteiger partial charge in [0.1, 0.15) is 11.2 Å². The van der Waals surface area contributed by atoms with Crippen molar-refractivity contribution in [3.05, 3.63) is 52.7 Å². The summed E-state index contributed by atoms with van der Waals surface area (Å²) in [6, 6.07) is 9.85. The van der Waals surface area contributed by atoms with Crippen molar-refractivity contribution < 1.29 is 4.79 Å². The highest BCUT2D eigenvalue weighted by molar-refractivity contribution is 7.99. The van der Waals surface area contributed by atoms with Gasteiger partial charge in [0.15, 0.2) is 10.8 Å². The van der Waals surface area contributed by atoms with Crippen molar-refractivity contribution in [3.63, 3.8) is 0 Å². The largest absolute Gasteiger partial charge is 0.351 e. The maximum atomic E-state index is 12.1. The molecule has 0 saturated heterocycles. The number of aromatic nitrogens is 4. The van der Waals surface area contributed by atoms with Crippen LogP contribution in [0.15, 0.2) is 41.8 Å². The van der Waals surface area contributed by atoms with E-state index in [1.54, 1.807) is 17.7 Å². The molecular formula is C18H17N5OS2. The minimum absolute atomic E-state index is 0.0350. The Morgan fingerprint density at radius 3 is 2.85 bits per heavy atom. The lowest BCUT2D eigenvalue weighted by Crippen LogP contribution is -2.24. The Bertz CT molecular complexity index is 1090. The minimum atomic E-state index is -0.0350. The van der Waals surface area contributed by atoms with Crippen LogP contribution in [0.1, 0.15) is 16.0 Å². The zero-order valence-electron chi connectivity index (χ0n) is 14.4. The third-order valence-electron chi connectivity index (χ3n) is 4.21. The number of fused-ring (bicyclic) bond motifs is 3. The molecule has 0 spiro atoms. The number of carbonyl (C=O) groups excluding carboxylic acids is 1. The maximum absolute atomic E-state index is 12.1. The molecule has 8 heteroatoms. The fraction of sp³-hybridized carbons (Fsp3) is 0.222. The number of carbonyl (C=O) groups is 1. The van der Waals surface area contributed by atoms with Crippen molar-refractivity contribution in [1.82, 2.24) is 24.9 Å². The standard InChI is InChI=1S/C18H17N5OS2/c1-11-12(2)26-17-15(11)16-21-22-18(23(16)10-20-17)25-9-14(24)19-8-13-6-4-3-5-7-13/h3-7,10H,8-9H2,1-2H3,(H,19,24). The lowest BCUT2D eigenvalue weighted by atomic mass is 10.2. The van der Waals surface area contributed by atoms with Gasteiger partial charge >= 0.3 is 0 Å². The monoisotopic (exact) mass is 383 g/mol. The smallest absolute Gasteiger partial charge is 0.230 e. The van der Waals surface area contributed by atoms with Crippen LogP contribution in [-0.2, 0) is 11.3 Å². The summed E-state index contributed by atoms with van der Waals surface area (Å²) in [7, 11) is 0. The van der Waals surface area contributed by atoms with E-state index in [9.17, 15) is 4.79 Å². The number of hydrogen-bond acceptors (Lipinski definition) is 6. The molecule has 0 radical (unpaired) electrons. The predicted molar refractivity (Wildman–Crippen MR) is 105 cm³/mol. The average molecular weight is 384 g/mol. The summed E-state index contributed by atoms with van der Waals surface area (Å²) >= 11 is 3.02. The van der Waals surface area contributed by atoms with Crippen LogP contribution in [0.25, 0.3) is 15.9 Å². The molecule has 4 aromatic rings. The Labute approximate surface area is 158 Å². The van der Waals surface area contributed by atoms with E-state index in [0.717, 1.165) is 21.4 Å². The van der Waals surface area contributed by atoms with E-state index in [1.165, 1.54) is 22.2 Å². The van der Waals surface area contributed by atoms with Gasteiger partial charge in [-0.1, -0.05) is 42.1 Å². The fourth-order valence-electron chi connectivity index (χ4n) is 2.70. The van der Waals surface area contributed by atoms with E-state index in [-0.39, 0.29) is 11.7 Å². The van der Waals surface area contributed by atoms with Gasteiger partial charge in [-0.05, 0) is 25.0 Å². The Kier molecular flexibility index (Phi) is 4.60. The van der Waals surface area contributed by atoms with Gasteiger partial charge in [0.25, 0.3) is 0 Å². The summed E-state index contributed by atoms with van der Waals surface area (Å²) in [4.78, 5) is 18.8. The first-order valence-corrected chi connectivity index (χ1v) is 9.96. The number of nitrogens with one attached hydrogen (secondary N) is 1. The SMILES string of the molecule is Cc1sc2ncn3c(SCC(=O)NCc4ccccc4)nnc3c2c1C. The van der Waals surface area contributed by atoms with Crippen LogP contribution in [0.5, 0.6) is 0 Å². The second-order valence-electron chi connectivity index (χ2n) is 5.94. The summed E-state index contributed by atoms with van der Waals surface area (Å²) in [5.41, 5.74) is 3.06. The van der Waals surface area contributed by atoms with Gasteiger partial charge < -0.3 is 5.32 Å². The molecule has 3 heterocycles. The fourth-order valence-corrected chi connectivity index (χ4v) is 4.43. The highest BCUT2D eigenvalue weighted by Gasteiger charge is 2.15. The molecule has 3 aromatic heterocycles. The molecule has 0 unspecified atom stereocenters. The average Bonchev–Trinajstić information content (AvgIpc) is 3.20. The van der Waals surface area contributed by atoms with Crippen LogP contribution >= 0.6 is 23.1 Å². The van der Waals surface area contributed by atoms with E-state index in [0.29, 0.717) is 11.7 Å². The zero-order chi connectivity index (χ0) is 18.1. The van der Waals surface area contributed by atoms with E-state index in [2.05, 4.69) is 34.3 Å². The van der Waals surface area contributed by atoms with Gasteiger partial charge in [-0.25, -0.2) is 4.98 Å². The Morgan fingerprint density at radius 2 is 2.04 bits per heavy atom. The maximum Gasteiger partial charge on any atom is 0.230 e. The minimum Gasteiger partial charge on any atom is -0.351 e. The molecule has 6 nitrogen and oxygen atoms in total. The second kappa shape index (κ2) is 7.05. The van der Waals surface area contributed by atoms with Crippen molar-refractivity contribution in [1.29, 1.82) is 0 Å². The molecule has 1 amide bonds. The molecule has 0 bridgehead atoms. The highest BCUT2D eigenvalue weighted by Crippen LogP contribution is 2.31. The normalized spacial score (nSPS) is 11.3. The zero-order valence-corrected chi connectivity index (χ0v) is 16.0. The Morgan fingerprint density at radius 1 is 1.23 bits per heavy atom. The number of nitrogens with zero attached hydrogens (tertiary/aromatic N) is 4. The number of thioether (sulfide) groups is 1. The third-order valence-corrected chi connectivity index (χ3v) is 6.27. The molecule has 4 rings (SSSR count). The molecule has 0 saturated carbocycles. The number of aryl methyl sites for hydroxylation is 2. The van der Waals surface area contributed by atoms with E-state index in [4.69, 9.17) is 0 Å². The van der Waals surface area contributed by atoms with Crippen molar-refractivity contribution in [2.24, 2.45) is 0 Å². The molecule has 132 valence electrons. The van der Waals surface area contributed by atoms with Crippen molar-refractivity contribution in [2.75, 3.05) is 5.75 Å². The van der Waals surface area contributed by atoms with Crippen molar-refractivity contribution in [2.45, 2.75) is 25.5 Å². The van der Waals surface area contributed by atoms with E-state index < -0.39 is 0 Å². The van der Waals surface area contributed by atoms with Gasteiger partial charge in [-0.2, -0.15) is 0 Å². The van der Waals surface area contributed by atoms with Crippen molar-refractivity contribution >= 4 is 44.9 Å². The van der Waals surface area contributed by atoms with Gasteiger partial charge in [-0.15, -0.1) is 21.5 Å². The summed E-state index contributed by atoms with van der Waals surface area (Å²) in [5, 5.41) is 13.2. The van der Waals surface area contributed by atoms with Crippen LogP contribution in [-0.4, -0.2) is 31.2 Å². The molecule has 0 aliphatic heterocycles. The number of rotatable bonds is 5. The molecule has 1 N–H and O–H groups in total. The number of thiophene rings is 1. The molecule has 0 fully saturated rings. The summed E-state index contributed by atoms with van der Waals surface area (Å²) in [6.07, 6.45) is 1.73. The molecule has 1 aromatic carbocycles. The Balaban J connectivity index is 1.47. The summed E-state index contributed by atoms with van der Waals surface area (Å²) in [6.45, 7) is 4.69. The number of hydrogen-bond donors (Lipinski definition) is 1. The number of benzene rings is 1. The summed E-state index contributed by atoms with van der Waals surface area (Å²) < 4.78 is 1.86. The first-order valence-electron chi connectivity index (χ1n) is 8.16. The Hall–Kier alpha value is -2.45. The lowest BCUT2D eigenvalue weighted by molar-refractivity contribution is -0.118. The summed E-state index contributed by atoms with van der Waals surface area (Å²) in [5.74, 6) is 0.250. The highest BCUT2D eigenvalue weighted by atomic mass is 32.2.